The number of nitrogens with zero attached hydrogens (tertiary/aromatic N) is 4. The van der Waals surface area contributed by atoms with Crippen LogP contribution < -0.4 is 21.3 Å². The molecular formula is C41H25BN4. The summed E-state index contributed by atoms with van der Waals surface area (Å²) >= 11 is 0. The normalized spacial score (nSPS) is 13.1. The highest BCUT2D eigenvalue weighted by Crippen LogP contribution is 2.44. The number of anilines is 3. The van der Waals surface area contributed by atoms with Crippen molar-refractivity contribution in [3.05, 3.63) is 152 Å². The summed E-state index contributed by atoms with van der Waals surface area (Å²) < 4.78 is 4.97. The van der Waals surface area contributed by atoms with Gasteiger partial charge in [-0.2, -0.15) is 0 Å². The zero-order valence-corrected chi connectivity index (χ0v) is 24.8. The van der Waals surface area contributed by atoms with Gasteiger partial charge in [0.05, 0.1) is 16.6 Å². The lowest BCUT2D eigenvalue weighted by atomic mass is 9.34. The quantitative estimate of drug-likeness (QED) is 0.193. The molecule has 11 rings (SSSR count). The molecule has 0 unspecified atom stereocenters. The van der Waals surface area contributed by atoms with Gasteiger partial charge in [0.25, 0.3) is 6.71 Å². The molecule has 0 saturated carbocycles. The molecule has 2 aliphatic heterocycles. The fraction of sp³-hybridized carbons (Fsp3) is 0. The van der Waals surface area contributed by atoms with Gasteiger partial charge in [0.15, 0.2) is 0 Å². The monoisotopic (exact) mass is 584 g/mol. The lowest BCUT2D eigenvalue weighted by Gasteiger charge is -2.40. The SMILES string of the molecule is c1ccc(N2c3ccccc3B3c4c2cccc4-n2c4c3cccc4c3ccc4c(c5ccccc5n4-c4ccncc4)c32)cc1. The van der Waals surface area contributed by atoms with Crippen LogP contribution in [-0.4, -0.2) is 20.8 Å². The van der Waals surface area contributed by atoms with E-state index in [-0.39, 0.29) is 6.71 Å². The zero-order chi connectivity index (χ0) is 29.9. The summed E-state index contributed by atoms with van der Waals surface area (Å²) in [4.78, 5) is 6.77. The molecule has 5 heteroatoms. The molecule has 0 atom stereocenters. The Labute approximate surface area is 265 Å². The number of rotatable bonds is 2. The maximum Gasteiger partial charge on any atom is 0.252 e. The van der Waals surface area contributed by atoms with Crippen LogP contribution in [0.25, 0.3) is 55.0 Å². The number of pyridine rings is 1. The minimum atomic E-state index is 0.136. The van der Waals surface area contributed by atoms with Crippen LogP contribution in [0.15, 0.2) is 152 Å². The molecule has 0 N–H and O–H groups in total. The van der Waals surface area contributed by atoms with E-state index in [1.54, 1.807) is 0 Å². The molecule has 0 aliphatic carbocycles. The molecule has 0 bridgehead atoms. The van der Waals surface area contributed by atoms with Gasteiger partial charge in [0.2, 0.25) is 0 Å². The van der Waals surface area contributed by atoms with E-state index in [2.05, 4.69) is 159 Å². The van der Waals surface area contributed by atoms with E-state index in [0.29, 0.717) is 0 Å². The lowest BCUT2D eigenvalue weighted by molar-refractivity contribution is 1.15. The Kier molecular flexibility index (Phi) is 4.63. The molecule has 0 fully saturated rings. The van der Waals surface area contributed by atoms with Gasteiger partial charge in [-0.25, -0.2) is 0 Å². The Balaban J connectivity index is 1.34. The van der Waals surface area contributed by atoms with Crippen molar-refractivity contribution in [2.75, 3.05) is 4.90 Å². The molecule has 3 aromatic heterocycles. The van der Waals surface area contributed by atoms with Crippen LogP contribution in [0.1, 0.15) is 0 Å². The van der Waals surface area contributed by atoms with Crippen LogP contribution in [0.2, 0.25) is 0 Å². The number of aromatic nitrogens is 3. The van der Waals surface area contributed by atoms with Crippen molar-refractivity contribution in [1.29, 1.82) is 0 Å². The molecule has 9 aromatic rings. The summed E-state index contributed by atoms with van der Waals surface area (Å²) in [6, 6.07) is 51.2. The molecular weight excluding hydrogens is 559 g/mol. The summed E-state index contributed by atoms with van der Waals surface area (Å²) in [6.45, 7) is 0.136. The molecule has 212 valence electrons. The Morgan fingerprint density at radius 3 is 2.04 bits per heavy atom. The number of para-hydroxylation sites is 4. The van der Waals surface area contributed by atoms with E-state index >= 15 is 0 Å². The number of benzene rings is 6. The van der Waals surface area contributed by atoms with Crippen molar-refractivity contribution in [3.8, 4) is 11.4 Å². The molecule has 46 heavy (non-hydrogen) atoms. The standard InChI is InChI=1S/C41H25BN4/c1-2-10-26(11-3-1)45-34-17-7-5-14-31(34)42-32-15-8-13-28-29-20-21-35-38(41(29)46(40(28)32)37-19-9-18-36(45)39(37)42)30-12-4-6-16-33(30)44(35)27-22-24-43-25-23-27/h1-25H. The third-order valence-corrected chi connectivity index (χ3v) is 10.2. The van der Waals surface area contributed by atoms with Gasteiger partial charge >= 0.3 is 0 Å². The smallest absolute Gasteiger partial charge is 0.252 e. The largest absolute Gasteiger partial charge is 0.311 e. The number of fused-ring (bicyclic) bond motifs is 11. The Bertz CT molecular complexity index is 2710. The molecule has 0 radical (unpaired) electrons. The van der Waals surface area contributed by atoms with Gasteiger partial charge in [0.1, 0.15) is 0 Å². The van der Waals surface area contributed by atoms with Gasteiger partial charge in [-0.15, -0.1) is 0 Å². The van der Waals surface area contributed by atoms with E-state index in [1.807, 2.05) is 12.4 Å². The Hall–Kier alpha value is -6.07. The molecule has 0 spiro atoms. The van der Waals surface area contributed by atoms with Crippen molar-refractivity contribution >= 4 is 83.8 Å². The van der Waals surface area contributed by atoms with Crippen molar-refractivity contribution < 1.29 is 0 Å². The van der Waals surface area contributed by atoms with E-state index in [1.165, 1.54) is 82.7 Å². The van der Waals surface area contributed by atoms with Crippen molar-refractivity contribution in [2.45, 2.75) is 0 Å². The summed E-state index contributed by atoms with van der Waals surface area (Å²) in [7, 11) is 0. The fourth-order valence-corrected chi connectivity index (χ4v) is 8.50. The molecule has 0 saturated heterocycles. The van der Waals surface area contributed by atoms with Gasteiger partial charge in [-0.3, -0.25) is 4.98 Å². The lowest BCUT2D eigenvalue weighted by Crippen LogP contribution is -2.60. The summed E-state index contributed by atoms with van der Waals surface area (Å²) in [6.07, 6.45) is 3.76. The Morgan fingerprint density at radius 2 is 1.13 bits per heavy atom. The second-order valence-electron chi connectivity index (χ2n) is 12.4. The van der Waals surface area contributed by atoms with Crippen LogP contribution in [0, 0.1) is 0 Å². The number of hydrogen-bond donors (Lipinski definition) is 0. The van der Waals surface area contributed by atoms with Crippen LogP contribution in [0.3, 0.4) is 0 Å². The summed E-state index contributed by atoms with van der Waals surface area (Å²) in [5, 5.41) is 5.11. The Morgan fingerprint density at radius 1 is 0.435 bits per heavy atom. The second-order valence-corrected chi connectivity index (χ2v) is 12.4. The van der Waals surface area contributed by atoms with E-state index < -0.39 is 0 Å². The predicted molar refractivity (Wildman–Crippen MR) is 192 cm³/mol. The molecule has 4 nitrogen and oxygen atoms in total. The first-order chi connectivity index (χ1) is 22.9. The highest BCUT2D eigenvalue weighted by atomic mass is 15.2. The highest BCUT2D eigenvalue weighted by Gasteiger charge is 2.41. The molecule has 5 heterocycles. The van der Waals surface area contributed by atoms with E-state index in [9.17, 15) is 0 Å². The molecule has 6 aromatic carbocycles. The van der Waals surface area contributed by atoms with E-state index in [0.717, 1.165) is 5.69 Å². The average Bonchev–Trinajstić information content (AvgIpc) is 3.64. The van der Waals surface area contributed by atoms with Crippen LogP contribution >= 0.6 is 0 Å². The molecule has 0 amide bonds. The first-order valence-electron chi connectivity index (χ1n) is 15.9. The maximum absolute atomic E-state index is 4.32. The van der Waals surface area contributed by atoms with Crippen LogP contribution in [0.5, 0.6) is 0 Å². The average molecular weight is 584 g/mol. The minimum Gasteiger partial charge on any atom is -0.311 e. The minimum absolute atomic E-state index is 0.136. The predicted octanol–water partition coefficient (Wildman–Crippen LogP) is 7.89. The van der Waals surface area contributed by atoms with Crippen LogP contribution in [0.4, 0.5) is 17.1 Å². The summed E-state index contributed by atoms with van der Waals surface area (Å²) in [5.74, 6) is 0. The van der Waals surface area contributed by atoms with Crippen molar-refractivity contribution in [1.82, 2.24) is 14.1 Å². The highest BCUT2D eigenvalue weighted by molar-refractivity contribution is 7.00. The third-order valence-electron chi connectivity index (χ3n) is 10.2. The van der Waals surface area contributed by atoms with Crippen molar-refractivity contribution in [3.63, 3.8) is 0 Å². The van der Waals surface area contributed by atoms with Gasteiger partial charge in [0, 0.05) is 67.9 Å². The third kappa shape index (κ3) is 2.93. The first-order valence-corrected chi connectivity index (χ1v) is 15.9. The second kappa shape index (κ2) is 8.77. The number of hydrogen-bond acceptors (Lipinski definition) is 2. The zero-order valence-electron chi connectivity index (χ0n) is 24.8. The maximum atomic E-state index is 4.32. The van der Waals surface area contributed by atoms with Crippen LogP contribution in [-0.2, 0) is 0 Å². The first kappa shape index (κ1) is 24.3. The topological polar surface area (TPSA) is 26.0 Å². The van der Waals surface area contributed by atoms with E-state index in [4.69, 9.17) is 0 Å². The van der Waals surface area contributed by atoms with Gasteiger partial charge in [-0.1, -0.05) is 84.9 Å². The van der Waals surface area contributed by atoms with Gasteiger partial charge < -0.3 is 14.0 Å². The van der Waals surface area contributed by atoms with Crippen molar-refractivity contribution in [2.24, 2.45) is 0 Å². The van der Waals surface area contributed by atoms with Gasteiger partial charge in [-0.05, 0) is 71.0 Å². The fourth-order valence-electron chi connectivity index (χ4n) is 8.50. The summed E-state index contributed by atoms with van der Waals surface area (Å²) in [5.41, 5.74) is 15.1. The molecule has 2 aliphatic rings.